The smallest absolute Gasteiger partial charge is 0.128 e. The zero-order valence-electron chi connectivity index (χ0n) is 7.07. The molecule has 0 aliphatic carbocycles. The predicted molar refractivity (Wildman–Crippen MR) is 45.8 cm³/mol. The summed E-state index contributed by atoms with van der Waals surface area (Å²) in [7, 11) is 3.75. The molecule has 1 rings (SSSR count). The topological polar surface area (TPSA) is 38.0 Å². The number of nitrogens with one attached hydrogen (secondary N) is 1. The van der Waals surface area contributed by atoms with E-state index in [1.165, 1.54) is 0 Å². The summed E-state index contributed by atoms with van der Waals surface area (Å²) < 4.78 is 24.2. The fourth-order valence-corrected chi connectivity index (χ4v) is 0.575. The van der Waals surface area contributed by atoms with Crippen LogP contribution in [-0.2, 0) is 0 Å². The van der Waals surface area contributed by atoms with Gasteiger partial charge in [0.2, 0.25) is 0 Å². The second-order valence-corrected chi connectivity index (χ2v) is 2.20. The number of nitrogens with two attached hydrogens (primary N) is 1. The van der Waals surface area contributed by atoms with Gasteiger partial charge in [0, 0.05) is 11.8 Å². The van der Waals surface area contributed by atoms with Gasteiger partial charge in [0.25, 0.3) is 0 Å². The molecule has 0 bridgehead atoms. The molecule has 0 saturated carbocycles. The van der Waals surface area contributed by atoms with Crippen LogP contribution in [0.1, 0.15) is 0 Å². The van der Waals surface area contributed by atoms with Crippen LogP contribution in [0.4, 0.5) is 14.5 Å². The minimum absolute atomic E-state index is 0.104. The van der Waals surface area contributed by atoms with Crippen molar-refractivity contribution in [2.24, 2.45) is 0 Å². The fraction of sp³-hybridized carbons (Fsp3) is 0.250. The number of nitrogen functional groups attached to an aromatic ring is 1. The Labute approximate surface area is 70.4 Å². The molecule has 0 heterocycles. The van der Waals surface area contributed by atoms with Gasteiger partial charge in [-0.15, -0.1) is 0 Å². The normalized spacial score (nSPS) is 8.67. The first kappa shape index (κ1) is 10.8. The molecule has 0 unspecified atom stereocenters. The van der Waals surface area contributed by atoms with Crippen LogP contribution in [0.25, 0.3) is 0 Å². The van der Waals surface area contributed by atoms with Crippen molar-refractivity contribution in [2.75, 3.05) is 19.8 Å². The Hall–Kier alpha value is -1.16. The molecule has 0 radical (unpaired) electrons. The van der Waals surface area contributed by atoms with Crippen LogP contribution in [0.15, 0.2) is 18.2 Å². The summed E-state index contributed by atoms with van der Waals surface area (Å²) in [6.45, 7) is 0. The number of hydrogen-bond acceptors (Lipinski definition) is 2. The van der Waals surface area contributed by atoms with Gasteiger partial charge in [0.1, 0.15) is 11.6 Å². The van der Waals surface area contributed by atoms with Crippen LogP contribution >= 0.6 is 0 Å². The molecule has 3 N–H and O–H groups in total. The Balaban J connectivity index is 0.000000354. The quantitative estimate of drug-likeness (QED) is 0.583. The van der Waals surface area contributed by atoms with Gasteiger partial charge >= 0.3 is 0 Å². The van der Waals surface area contributed by atoms with Gasteiger partial charge in [-0.05, 0) is 26.2 Å². The maximum atomic E-state index is 12.1. The number of anilines is 1. The molecule has 12 heavy (non-hydrogen) atoms. The second kappa shape index (κ2) is 5.49. The molecule has 0 fully saturated rings. The van der Waals surface area contributed by atoms with Gasteiger partial charge in [-0.1, -0.05) is 0 Å². The molecule has 0 atom stereocenters. The van der Waals surface area contributed by atoms with Gasteiger partial charge in [0.15, 0.2) is 0 Å². The zero-order valence-corrected chi connectivity index (χ0v) is 7.07. The van der Waals surface area contributed by atoms with E-state index in [4.69, 9.17) is 5.73 Å². The highest BCUT2D eigenvalue weighted by Crippen LogP contribution is 2.07. The van der Waals surface area contributed by atoms with Crippen molar-refractivity contribution < 1.29 is 8.78 Å². The number of hydrogen-bond donors (Lipinski definition) is 2. The van der Waals surface area contributed by atoms with E-state index in [-0.39, 0.29) is 5.69 Å². The average Bonchev–Trinajstić information content (AvgIpc) is 1.84. The van der Waals surface area contributed by atoms with Gasteiger partial charge in [-0.3, -0.25) is 0 Å². The third-order valence-electron chi connectivity index (χ3n) is 0.885. The number of rotatable bonds is 0. The first-order chi connectivity index (χ1) is 5.60. The Morgan fingerprint density at radius 2 is 1.42 bits per heavy atom. The molecule has 68 valence electrons. The molecule has 1 aromatic carbocycles. The van der Waals surface area contributed by atoms with E-state index in [9.17, 15) is 8.78 Å². The van der Waals surface area contributed by atoms with E-state index < -0.39 is 11.6 Å². The van der Waals surface area contributed by atoms with Crippen LogP contribution in [-0.4, -0.2) is 14.1 Å². The molecule has 0 spiro atoms. The highest BCUT2D eigenvalue weighted by atomic mass is 19.1. The van der Waals surface area contributed by atoms with Crippen LogP contribution < -0.4 is 11.1 Å². The molecule has 1 aromatic rings. The maximum absolute atomic E-state index is 12.1. The van der Waals surface area contributed by atoms with Gasteiger partial charge in [0.05, 0.1) is 0 Å². The maximum Gasteiger partial charge on any atom is 0.128 e. The van der Waals surface area contributed by atoms with Gasteiger partial charge in [-0.25, -0.2) is 8.78 Å². The van der Waals surface area contributed by atoms with Gasteiger partial charge in [-0.2, -0.15) is 0 Å². The lowest BCUT2D eigenvalue weighted by Gasteiger charge is -1.91. The Bertz CT molecular complexity index is 188. The summed E-state index contributed by atoms with van der Waals surface area (Å²) in [4.78, 5) is 0. The molecule has 0 saturated heterocycles. The van der Waals surface area contributed by atoms with Crippen LogP contribution in [0.2, 0.25) is 0 Å². The summed E-state index contributed by atoms with van der Waals surface area (Å²) >= 11 is 0. The third-order valence-corrected chi connectivity index (χ3v) is 0.885. The summed E-state index contributed by atoms with van der Waals surface area (Å²) in [5.41, 5.74) is 5.18. The van der Waals surface area contributed by atoms with E-state index in [1.807, 2.05) is 14.1 Å². The zero-order chi connectivity index (χ0) is 9.56. The van der Waals surface area contributed by atoms with Crippen molar-refractivity contribution >= 4 is 5.69 Å². The second-order valence-electron chi connectivity index (χ2n) is 2.20. The number of halogens is 2. The van der Waals surface area contributed by atoms with Crippen LogP contribution in [0, 0.1) is 11.6 Å². The summed E-state index contributed by atoms with van der Waals surface area (Å²) in [6, 6.07) is 2.89. The summed E-state index contributed by atoms with van der Waals surface area (Å²) in [5.74, 6) is -1.29. The third kappa shape index (κ3) is 4.62. The van der Waals surface area contributed by atoms with Crippen molar-refractivity contribution in [1.82, 2.24) is 5.32 Å². The Morgan fingerprint density at radius 1 is 1.08 bits per heavy atom. The molecule has 0 aliphatic heterocycles. The van der Waals surface area contributed by atoms with Crippen molar-refractivity contribution in [3.8, 4) is 0 Å². The molecule has 2 nitrogen and oxygen atoms in total. The summed E-state index contributed by atoms with van der Waals surface area (Å²) in [5, 5.41) is 2.75. The first-order valence-corrected chi connectivity index (χ1v) is 3.40. The van der Waals surface area contributed by atoms with Gasteiger partial charge < -0.3 is 11.1 Å². The fourth-order valence-electron chi connectivity index (χ4n) is 0.575. The predicted octanol–water partition coefficient (Wildman–Crippen LogP) is 1.38. The molecular weight excluding hydrogens is 162 g/mol. The van der Waals surface area contributed by atoms with Crippen molar-refractivity contribution in [1.29, 1.82) is 0 Å². The molecule has 0 aliphatic rings. The van der Waals surface area contributed by atoms with E-state index in [1.54, 1.807) is 0 Å². The van der Waals surface area contributed by atoms with Crippen molar-refractivity contribution in [3.05, 3.63) is 29.8 Å². The molecular formula is C8H12F2N2. The van der Waals surface area contributed by atoms with E-state index >= 15 is 0 Å². The molecule has 0 aromatic heterocycles. The first-order valence-electron chi connectivity index (χ1n) is 3.40. The SMILES string of the molecule is CNC.Nc1cc(F)cc(F)c1. The summed E-state index contributed by atoms with van der Waals surface area (Å²) in [6.07, 6.45) is 0. The minimum atomic E-state index is -0.646. The molecule has 0 amide bonds. The van der Waals surface area contributed by atoms with E-state index in [0.29, 0.717) is 0 Å². The monoisotopic (exact) mass is 174 g/mol. The lowest BCUT2D eigenvalue weighted by atomic mass is 10.3. The highest BCUT2D eigenvalue weighted by Gasteiger charge is 1.94. The van der Waals surface area contributed by atoms with E-state index in [2.05, 4.69) is 5.32 Å². The minimum Gasteiger partial charge on any atom is -0.399 e. The average molecular weight is 174 g/mol. The van der Waals surface area contributed by atoms with Crippen molar-refractivity contribution in [2.45, 2.75) is 0 Å². The van der Waals surface area contributed by atoms with Crippen LogP contribution in [0.3, 0.4) is 0 Å². The number of benzene rings is 1. The lowest BCUT2D eigenvalue weighted by molar-refractivity contribution is 0.584. The lowest BCUT2D eigenvalue weighted by Crippen LogP contribution is -1.89. The standard InChI is InChI=1S/C6H5F2N.C2H7N/c7-4-1-5(8)3-6(9)2-4;1-3-2/h1-3H,9H2;3H,1-2H3. The largest absolute Gasteiger partial charge is 0.399 e. The van der Waals surface area contributed by atoms with Crippen molar-refractivity contribution in [3.63, 3.8) is 0 Å². The Morgan fingerprint density at radius 3 is 1.67 bits per heavy atom. The van der Waals surface area contributed by atoms with Crippen LogP contribution in [0.5, 0.6) is 0 Å². The highest BCUT2D eigenvalue weighted by molar-refractivity contribution is 5.37. The Kier molecular flexibility index (Phi) is 4.96. The van der Waals surface area contributed by atoms with E-state index in [0.717, 1.165) is 18.2 Å². The molecule has 4 heteroatoms.